The van der Waals surface area contributed by atoms with Gasteiger partial charge in [-0.2, -0.15) is 0 Å². The van der Waals surface area contributed by atoms with Gasteiger partial charge in [-0.3, -0.25) is 0 Å². The van der Waals surface area contributed by atoms with E-state index in [2.05, 4.69) is 19.4 Å². The summed E-state index contributed by atoms with van der Waals surface area (Å²) in [5, 5.41) is 0. The Morgan fingerprint density at radius 3 is 1.80 bits per heavy atom. The van der Waals surface area contributed by atoms with Gasteiger partial charge in [0.1, 0.15) is 7.28 Å². The van der Waals surface area contributed by atoms with Crippen LogP contribution in [-0.4, -0.2) is 18.2 Å². The second kappa shape index (κ2) is 6.33. The van der Waals surface area contributed by atoms with Gasteiger partial charge in [0.05, 0.1) is 0 Å². The van der Waals surface area contributed by atoms with Crippen LogP contribution in [-0.2, 0) is 0 Å². The monoisotopic (exact) mass is 139 g/mol. The molecule has 1 rings (SSSR count). The molecule has 10 heavy (non-hydrogen) atoms. The van der Waals surface area contributed by atoms with Gasteiger partial charge in [-0.25, -0.2) is 0 Å². The molecule has 0 aliphatic rings. The zero-order chi connectivity index (χ0) is 5.82. The molecular weight excluding hydrogens is 127 g/mol. The third-order valence-electron chi connectivity index (χ3n) is 1.13. The van der Waals surface area contributed by atoms with Crippen molar-refractivity contribution in [3.8, 4) is 0 Å². The summed E-state index contributed by atoms with van der Waals surface area (Å²) < 4.78 is 0. The molecule has 0 fully saturated rings. The lowest BCUT2D eigenvalue weighted by atomic mass is 9.74. The smallest absolute Gasteiger partial charge is 0.148 e. The van der Waals surface area contributed by atoms with Crippen LogP contribution in [0.1, 0.15) is 0 Å². The number of hydrogen-bond donors (Lipinski definition) is 0. The summed E-state index contributed by atoms with van der Waals surface area (Å²) in [4.78, 5) is 0. The molecule has 0 saturated carbocycles. The van der Waals surface area contributed by atoms with Crippen LogP contribution in [0.25, 0.3) is 0 Å². The van der Waals surface area contributed by atoms with Crippen molar-refractivity contribution in [2.45, 2.75) is 6.82 Å². The molecule has 1 radical (unpaired) electrons. The van der Waals surface area contributed by atoms with Crippen molar-refractivity contribution in [1.29, 1.82) is 0 Å². The van der Waals surface area contributed by atoms with Gasteiger partial charge in [0.2, 0.25) is 0 Å². The molecule has 55 valence electrons. The Balaban J connectivity index is 0. The third kappa shape index (κ3) is 3.27. The quantitative estimate of drug-likeness (QED) is 0.467. The highest BCUT2D eigenvalue weighted by molar-refractivity contribution is 6.51. The first-order valence-corrected chi connectivity index (χ1v) is 2.78. The molecule has 0 spiro atoms. The minimum Gasteiger partial charge on any atom is -0.412 e. The molecule has 0 aliphatic carbocycles. The van der Waals surface area contributed by atoms with E-state index in [-0.39, 0.29) is 11.0 Å². The van der Waals surface area contributed by atoms with E-state index in [4.69, 9.17) is 0 Å². The maximum atomic E-state index is 2.08. The lowest BCUT2D eigenvalue weighted by Crippen LogP contribution is -2.07. The lowest BCUT2D eigenvalue weighted by molar-refractivity contribution is 0.823. The zero-order valence-corrected chi connectivity index (χ0v) is 5.96. The molecule has 0 aromatic heterocycles. The van der Waals surface area contributed by atoms with Gasteiger partial charge in [-0.05, 0) is 0 Å². The molecule has 0 aliphatic heterocycles. The van der Waals surface area contributed by atoms with Crippen molar-refractivity contribution in [2.75, 3.05) is 0 Å². The summed E-state index contributed by atoms with van der Waals surface area (Å²) in [6.07, 6.45) is 0. The normalized spacial score (nSPS) is 6.90. The molecule has 1 aromatic rings. The van der Waals surface area contributed by atoms with Crippen LogP contribution in [0.5, 0.6) is 0 Å². The minimum absolute atomic E-state index is 0. The molecule has 0 atom stereocenters. The predicted molar refractivity (Wildman–Crippen MR) is 44.9 cm³/mol. The van der Waals surface area contributed by atoms with Crippen LogP contribution < -0.4 is 5.46 Å². The van der Waals surface area contributed by atoms with Gasteiger partial charge >= 0.3 is 0 Å². The Labute approximate surface area is 61.7 Å². The van der Waals surface area contributed by atoms with E-state index >= 15 is 0 Å². The fourth-order valence-corrected chi connectivity index (χ4v) is 0.645. The zero-order valence-electron chi connectivity index (χ0n) is 5.96. The summed E-state index contributed by atoms with van der Waals surface area (Å²) in [5.74, 6) is 0. The van der Waals surface area contributed by atoms with Gasteiger partial charge in [-0.15, -0.1) is 0 Å². The lowest BCUT2D eigenvalue weighted by Gasteiger charge is -1.88. The highest BCUT2D eigenvalue weighted by Crippen LogP contribution is 1.79. The SMILES string of the molecule is C[B]c1ccccc1.O.O. The fourth-order valence-electron chi connectivity index (χ4n) is 0.645. The highest BCUT2D eigenvalue weighted by atomic mass is 16.0. The molecule has 2 nitrogen and oxygen atoms in total. The standard InChI is InChI=1S/C7H8B.2H2O/c1-8-7-5-3-2-4-6-7;;/h2-6H,1H3;2*1H2. The van der Waals surface area contributed by atoms with Gasteiger partial charge in [0.15, 0.2) is 0 Å². The summed E-state index contributed by atoms with van der Waals surface area (Å²) in [7, 11) is 2.08. The first kappa shape index (κ1) is 11.9. The van der Waals surface area contributed by atoms with Gasteiger partial charge < -0.3 is 11.0 Å². The van der Waals surface area contributed by atoms with E-state index < -0.39 is 0 Å². The van der Waals surface area contributed by atoms with E-state index in [0.29, 0.717) is 0 Å². The Hall–Kier alpha value is -0.795. The van der Waals surface area contributed by atoms with E-state index in [1.54, 1.807) is 0 Å². The van der Waals surface area contributed by atoms with E-state index in [1.165, 1.54) is 5.46 Å². The van der Waals surface area contributed by atoms with Gasteiger partial charge in [-0.1, -0.05) is 42.6 Å². The molecule has 0 unspecified atom stereocenters. The summed E-state index contributed by atoms with van der Waals surface area (Å²) in [6.45, 7) is 2.04. The maximum Gasteiger partial charge on any atom is 0.148 e. The fraction of sp³-hybridized carbons (Fsp3) is 0.143. The second-order valence-electron chi connectivity index (χ2n) is 1.70. The van der Waals surface area contributed by atoms with E-state index in [9.17, 15) is 0 Å². The number of hydrogen-bond acceptors (Lipinski definition) is 0. The molecule has 3 heteroatoms. The van der Waals surface area contributed by atoms with Crippen molar-refractivity contribution in [2.24, 2.45) is 0 Å². The largest absolute Gasteiger partial charge is 0.412 e. The Morgan fingerprint density at radius 2 is 1.50 bits per heavy atom. The topological polar surface area (TPSA) is 63.0 Å². The Morgan fingerprint density at radius 1 is 1.00 bits per heavy atom. The number of rotatable bonds is 1. The molecule has 0 bridgehead atoms. The Bertz CT molecular complexity index is 153. The van der Waals surface area contributed by atoms with E-state index in [1.807, 2.05) is 25.0 Å². The first-order chi connectivity index (χ1) is 3.93. The summed E-state index contributed by atoms with van der Waals surface area (Å²) >= 11 is 0. The van der Waals surface area contributed by atoms with Crippen molar-refractivity contribution < 1.29 is 11.0 Å². The van der Waals surface area contributed by atoms with Crippen molar-refractivity contribution in [3.63, 3.8) is 0 Å². The van der Waals surface area contributed by atoms with Crippen LogP contribution in [0.2, 0.25) is 6.82 Å². The van der Waals surface area contributed by atoms with Crippen LogP contribution >= 0.6 is 0 Å². The van der Waals surface area contributed by atoms with Crippen LogP contribution in [0.3, 0.4) is 0 Å². The first-order valence-electron chi connectivity index (χ1n) is 2.78. The average molecular weight is 139 g/mol. The van der Waals surface area contributed by atoms with Crippen molar-refractivity contribution in [1.82, 2.24) is 0 Å². The van der Waals surface area contributed by atoms with Crippen LogP contribution in [0.15, 0.2) is 30.3 Å². The predicted octanol–water partition coefficient (Wildman–Crippen LogP) is -0.585. The van der Waals surface area contributed by atoms with Gasteiger partial charge in [0.25, 0.3) is 0 Å². The highest BCUT2D eigenvalue weighted by Gasteiger charge is 1.82. The van der Waals surface area contributed by atoms with Crippen LogP contribution in [0, 0.1) is 0 Å². The molecule has 0 saturated heterocycles. The second-order valence-corrected chi connectivity index (χ2v) is 1.70. The average Bonchev–Trinajstić information content (AvgIpc) is 1.90. The Kier molecular flexibility index (Phi) is 7.55. The van der Waals surface area contributed by atoms with Crippen molar-refractivity contribution in [3.05, 3.63) is 30.3 Å². The molecule has 0 amide bonds. The van der Waals surface area contributed by atoms with Crippen LogP contribution in [0.4, 0.5) is 0 Å². The summed E-state index contributed by atoms with van der Waals surface area (Å²) in [6, 6.07) is 10.3. The molecular formula is C7H12BO2. The van der Waals surface area contributed by atoms with Crippen molar-refractivity contribution >= 4 is 12.7 Å². The summed E-state index contributed by atoms with van der Waals surface area (Å²) in [5.41, 5.74) is 1.28. The minimum atomic E-state index is 0. The third-order valence-corrected chi connectivity index (χ3v) is 1.13. The number of benzene rings is 1. The maximum absolute atomic E-state index is 2.08. The van der Waals surface area contributed by atoms with Gasteiger partial charge in [0, 0.05) is 0 Å². The molecule has 1 aromatic carbocycles. The van der Waals surface area contributed by atoms with E-state index in [0.717, 1.165) is 0 Å². The molecule has 4 N–H and O–H groups in total. The molecule has 0 heterocycles.